The first-order valence-corrected chi connectivity index (χ1v) is 10.8. The van der Waals surface area contributed by atoms with Crippen molar-refractivity contribution in [2.45, 2.75) is 19.3 Å². The molecule has 1 fully saturated rings. The Balaban J connectivity index is 1.28. The zero-order valence-corrected chi connectivity index (χ0v) is 18.0. The topological polar surface area (TPSA) is 134 Å². The highest BCUT2D eigenvalue weighted by molar-refractivity contribution is 5.90. The number of aliphatic hydroxyl groups is 2. The molecule has 0 aliphatic carbocycles. The summed E-state index contributed by atoms with van der Waals surface area (Å²) in [6.07, 6.45) is -0.670. The number of carbonyl (C=O) groups is 1. The summed E-state index contributed by atoms with van der Waals surface area (Å²) in [5.41, 5.74) is 7.97. The second kappa shape index (κ2) is 8.72. The molecular weight excluding hydrogens is 426 g/mol. The predicted molar refractivity (Wildman–Crippen MR) is 121 cm³/mol. The Kier molecular flexibility index (Phi) is 5.61. The number of hydrogen-bond acceptors (Lipinski definition) is 9. The fourth-order valence-electron chi connectivity index (χ4n) is 4.18. The first-order valence-electron chi connectivity index (χ1n) is 10.8. The van der Waals surface area contributed by atoms with Crippen LogP contribution in [0, 0.1) is 0 Å². The number of nitrogens with zero attached hydrogens (tertiary/aromatic N) is 4. The van der Waals surface area contributed by atoms with Crippen LogP contribution in [0.5, 0.6) is 11.5 Å². The van der Waals surface area contributed by atoms with E-state index < -0.39 is 6.10 Å². The minimum Gasteiger partial charge on any atom is -0.485 e. The van der Waals surface area contributed by atoms with Crippen LogP contribution in [0.4, 0.5) is 11.8 Å². The van der Waals surface area contributed by atoms with E-state index in [-0.39, 0.29) is 25.7 Å². The molecule has 33 heavy (non-hydrogen) atoms. The van der Waals surface area contributed by atoms with Gasteiger partial charge < -0.3 is 35.2 Å². The Bertz CT molecular complexity index is 1200. The Morgan fingerprint density at radius 1 is 1.03 bits per heavy atom. The number of benzene rings is 2. The van der Waals surface area contributed by atoms with E-state index in [1.165, 1.54) is 0 Å². The lowest BCUT2D eigenvalue weighted by molar-refractivity contribution is -0.141. The molecule has 2 aliphatic rings. The van der Waals surface area contributed by atoms with Gasteiger partial charge in [0.1, 0.15) is 12.4 Å². The highest BCUT2D eigenvalue weighted by Gasteiger charge is 2.33. The quantitative estimate of drug-likeness (QED) is 0.523. The number of para-hydroxylation sites is 2. The van der Waals surface area contributed by atoms with Crippen LogP contribution >= 0.6 is 0 Å². The third-order valence-electron chi connectivity index (χ3n) is 6.03. The van der Waals surface area contributed by atoms with E-state index in [1.807, 2.05) is 23.1 Å². The second-order valence-electron chi connectivity index (χ2n) is 8.04. The first-order chi connectivity index (χ1) is 16.1. The SMILES string of the molecule is Nc1nc(N2CCN(C(=O)C3COc4ccccc4O3)CC2)nc2cc(CO)c(CO)cc12. The second-order valence-corrected chi connectivity index (χ2v) is 8.04. The van der Waals surface area contributed by atoms with Crippen molar-refractivity contribution in [2.24, 2.45) is 0 Å². The van der Waals surface area contributed by atoms with Gasteiger partial charge in [-0.15, -0.1) is 0 Å². The summed E-state index contributed by atoms with van der Waals surface area (Å²) in [5, 5.41) is 19.7. The largest absolute Gasteiger partial charge is 0.485 e. The number of aromatic nitrogens is 2. The predicted octanol–water partition coefficient (Wildman–Crippen LogP) is 0.685. The van der Waals surface area contributed by atoms with E-state index in [0.29, 0.717) is 71.5 Å². The van der Waals surface area contributed by atoms with E-state index in [4.69, 9.17) is 15.2 Å². The van der Waals surface area contributed by atoms with Crippen LogP contribution in [0.3, 0.4) is 0 Å². The smallest absolute Gasteiger partial charge is 0.267 e. The number of carbonyl (C=O) groups excluding carboxylic acids is 1. The van der Waals surface area contributed by atoms with Crippen molar-refractivity contribution < 1.29 is 24.5 Å². The van der Waals surface area contributed by atoms with Crippen molar-refractivity contribution in [2.75, 3.05) is 43.4 Å². The van der Waals surface area contributed by atoms with E-state index in [9.17, 15) is 15.0 Å². The Morgan fingerprint density at radius 3 is 2.45 bits per heavy atom. The lowest BCUT2D eigenvalue weighted by atomic mass is 10.1. The first kappa shape index (κ1) is 21.2. The highest BCUT2D eigenvalue weighted by atomic mass is 16.6. The maximum atomic E-state index is 13.0. The number of nitrogens with two attached hydrogens (primary N) is 1. The van der Waals surface area contributed by atoms with Crippen LogP contribution in [0.1, 0.15) is 11.1 Å². The van der Waals surface area contributed by atoms with Gasteiger partial charge in [0.25, 0.3) is 5.91 Å². The summed E-state index contributed by atoms with van der Waals surface area (Å²) in [7, 11) is 0. The van der Waals surface area contributed by atoms with Gasteiger partial charge >= 0.3 is 0 Å². The average Bonchev–Trinajstić information content (AvgIpc) is 2.87. The van der Waals surface area contributed by atoms with Gasteiger partial charge in [-0.25, -0.2) is 4.98 Å². The highest BCUT2D eigenvalue weighted by Crippen LogP contribution is 2.31. The number of rotatable bonds is 4. The number of hydrogen-bond donors (Lipinski definition) is 3. The van der Waals surface area contributed by atoms with Crippen molar-refractivity contribution in [3.05, 3.63) is 47.5 Å². The van der Waals surface area contributed by atoms with Crippen LogP contribution in [0.15, 0.2) is 36.4 Å². The molecule has 1 aromatic heterocycles. The van der Waals surface area contributed by atoms with Crippen LogP contribution in [0.2, 0.25) is 0 Å². The molecule has 1 saturated heterocycles. The lowest BCUT2D eigenvalue weighted by Gasteiger charge is -2.37. The molecule has 3 heterocycles. The molecule has 1 amide bonds. The van der Waals surface area contributed by atoms with Crippen LogP contribution in [-0.4, -0.2) is 69.9 Å². The molecular formula is C23H25N5O5. The van der Waals surface area contributed by atoms with Gasteiger partial charge in [-0.3, -0.25) is 4.79 Å². The molecule has 0 bridgehead atoms. The summed E-state index contributed by atoms with van der Waals surface area (Å²) in [4.78, 5) is 25.8. The van der Waals surface area contributed by atoms with Crippen molar-refractivity contribution >= 4 is 28.6 Å². The standard InChI is InChI=1S/C23H25N5O5/c24-21-16-9-14(11-29)15(12-30)10-17(16)25-23(26-21)28-7-5-27(6-8-28)22(31)20-13-32-18-3-1-2-4-19(18)33-20/h1-4,9-10,20,29-30H,5-8,11-13H2,(H2,24,25,26). The van der Waals surface area contributed by atoms with Crippen molar-refractivity contribution in [3.63, 3.8) is 0 Å². The van der Waals surface area contributed by atoms with Crippen LogP contribution < -0.4 is 20.1 Å². The Hall–Kier alpha value is -3.63. The fraction of sp³-hybridized carbons (Fsp3) is 0.348. The minimum atomic E-state index is -0.670. The van der Waals surface area contributed by atoms with E-state index in [1.54, 1.807) is 23.1 Å². The van der Waals surface area contributed by atoms with Crippen molar-refractivity contribution in [3.8, 4) is 11.5 Å². The summed E-state index contributed by atoms with van der Waals surface area (Å²) < 4.78 is 11.5. The third kappa shape index (κ3) is 3.98. The normalized spacial score (nSPS) is 17.9. The summed E-state index contributed by atoms with van der Waals surface area (Å²) in [6.45, 7) is 1.85. The number of amides is 1. The fourth-order valence-corrected chi connectivity index (χ4v) is 4.18. The van der Waals surface area contributed by atoms with Crippen LogP contribution in [-0.2, 0) is 18.0 Å². The maximum absolute atomic E-state index is 13.0. The molecule has 3 aromatic rings. The zero-order chi connectivity index (χ0) is 22.9. The Morgan fingerprint density at radius 2 is 1.73 bits per heavy atom. The van der Waals surface area contributed by atoms with Gasteiger partial charge in [-0.2, -0.15) is 4.98 Å². The molecule has 0 saturated carbocycles. The molecule has 5 rings (SSSR count). The van der Waals surface area contributed by atoms with Crippen molar-refractivity contribution in [1.29, 1.82) is 0 Å². The number of anilines is 2. The van der Waals surface area contributed by atoms with Gasteiger partial charge in [0.15, 0.2) is 11.5 Å². The summed E-state index contributed by atoms with van der Waals surface area (Å²) >= 11 is 0. The number of fused-ring (bicyclic) bond motifs is 2. The summed E-state index contributed by atoms with van der Waals surface area (Å²) in [5.74, 6) is 1.89. The number of piperazine rings is 1. The monoisotopic (exact) mass is 451 g/mol. The van der Waals surface area contributed by atoms with E-state index >= 15 is 0 Å². The van der Waals surface area contributed by atoms with E-state index in [0.717, 1.165) is 0 Å². The molecule has 1 atom stereocenters. The van der Waals surface area contributed by atoms with E-state index in [2.05, 4.69) is 9.97 Å². The van der Waals surface area contributed by atoms with Gasteiger partial charge in [0.05, 0.1) is 18.7 Å². The lowest BCUT2D eigenvalue weighted by Crippen LogP contribution is -2.54. The minimum absolute atomic E-state index is 0.104. The van der Waals surface area contributed by atoms with Crippen LogP contribution in [0.25, 0.3) is 10.9 Å². The molecule has 10 nitrogen and oxygen atoms in total. The maximum Gasteiger partial charge on any atom is 0.267 e. The van der Waals surface area contributed by atoms with Crippen molar-refractivity contribution in [1.82, 2.24) is 14.9 Å². The summed E-state index contributed by atoms with van der Waals surface area (Å²) in [6, 6.07) is 10.7. The third-order valence-corrected chi connectivity index (χ3v) is 6.03. The number of ether oxygens (including phenoxy) is 2. The van der Waals surface area contributed by atoms with Gasteiger partial charge in [-0.05, 0) is 35.4 Å². The Labute approximate surface area is 190 Å². The zero-order valence-electron chi connectivity index (χ0n) is 18.0. The van der Waals surface area contributed by atoms with Gasteiger partial charge in [-0.1, -0.05) is 12.1 Å². The molecule has 0 spiro atoms. The van der Waals surface area contributed by atoms with Gasteiger partial charge in [0, 0.05) is 31.6 Å². The molecule has 172 valence electrons. The molecule has 4 N–H and O–H groups in total. The molecule has 0 radical (unpaired) electrons. The number of nitrogen functional groups attached to an aromatic ring is 1. The molecule has 1 unspecified atom stereocenters. The average molecular weight is 451 g/mol. The molecule has 10 heteroatoms. The number of aliphatic hydroxyl groups excluding tert-OH is 2. The molecule has 2 aliphatic heterocycles. The molecule has 2 aromatic carbocycles. The van der Waals surface area contributed by atoms with Gasteiger partial charge in [0.2, 0.25) is 12.1 Å².